The van der Waals surface area contributed by atoms with Gasteiger partial charge in [-0.1, -0.05) is 0 Å². The zero-order valence-electron chi connectivity index (χ0n) is 7.76. The average Bonchev–Trinajstić information content (AvgIpc) is 2.17. The molecule has 82 valence electrons. The molecule has 6 heteroatoms. The number of hydrogen-bond acceptors (Lipinski definition) is 2. The molecule has 0 saturated carbocycles. The number of methoxy groups -OCH3 is 1. The third-order valence-corrected chi connectivity index (χ3v) is 1.97. The van der Waals surface area contributed by atoms with Gasteiger partial charge in [-0.15, -0.1) is 0 Å². The van der Waals surface area contributed by atoms with Crippen molar-refractivity contribution >= 4 is 27.5 Å². The van der Waals surface area contributed by atoms with E-state index in [9.17, 15) is 13.6 Å². The standard InChI is InChI=1S/C9H8BrF2NO2/c1-15-7-4-2-6(3-5-7)13-8(14)9(10,11)12/h2-5H,1H3,(H,13,14). The number of amides is 1. The van der Waals surface area contributed by atoms with Gasteiger partial charge < -0.3 is 10.1 Å². The lowest BCUT2D eigenvalue weighted by Crippen LogP contribution is -2.28. The number of benzene rings is 1. The summed E-state index contributed by atoms with van der Waals surface area (Å²) in [5.74, 6) is -0.828. The van der Waals surface area contributed by atoms with Gasteiger partial charge in [0.1, 0.15) is 5.75 Å². The van der Waals surface area contributed by atoms with Crippen molar-refractivity contribution in [1.82, 2.24) is 0 Å². The first-order valence-corrected chi connectivity index (χ1v) is 4.75. The number of carbonyl (C=O) groups is 1. The summed E-state index contributed by atoms with van der Waals surface area (Å²) in [5, 5.41) is 2.04. The van der Waals surface area contributed by atoms with Crippen molar-refractivity contribution in [3.8, 4) is 5.75 Å². The van der Waals surface area contributed by atoms with Gasteiger partial charge in [0, 0.05) is 21.6 Å². The van der Waals surface area contributed by atoms with Gasteiger partial charge in [0.25, 0.3) is 0 Å². The quantitative estimate of drug-likeness (QED) is 0.864. The Hall–Kier alpha value is -1.17. The lowest BCUT2D eigenvalue weighted by Gasteiger charge is -2.09. The van der Waals surface area contributed by atoms with E-state index >= 15 is 0 Å². The highest BCUT2D eigenvalue weighted by Gasteiger charge is 2.34. The molecule has 0 heterocycles. The average molecular weight is 280 g/mol. The number of anilines is 1. The van der Waals surface area contributed by atoms with Gasteiger partial charge in [0.2, 0.25) is 0 Å². The number of alkyl halides is 3. The van der Waals surface area contributed by atoms with Crippen molar-refractivity contribution in [1.29, 1.82) is 0 Å². The third kappa shape index (κ3) is 3.47. The summed E-state index contributed by atoms with van der Waals surface area (Å²) in [4.78, 5) is 7.29. The molecule has 0 aliphatic heterocycles. The van der Waals surface area contributed by atoms with Crippen molar-refractivity contribution in [2.75, 3.05) is 12.4 Å². The minimum absolute atomic E-state index is 0.278. The van der Waals surface area contributed by atoms with Gasteiger partial charge >= 0.3 is 10.7 Å². The number of nitrogens with one attached hydrogen (secondary N) is 1. The van der Waals surface area contributed by atoms with E-state index in [-0.39, 0.29) is 5.69 Å². The summed E-state index contributed by atoms with van der Waals surface area (Å²) < 4.78 is 29.7. The fraction of sp³-hybridized carbons (Fsp3) is 0.222. The van der Waals surface area contributed by atoms with Gasteiger partial charge in [-0.25, -0.2) is 0 Å². The molecule has 1 N–H and O–H groups in total. The van der Waals surface area contributed by atoms with Crippen LogP contribution in [0.2, 0.25) is 0 Å². The first kappa shape index (κ1) is 11.9. The predicted octanol–water partition coefficient (Wildman–Crippen LogP) is 2.62. The maximum absolute atomic E-state index is 12.4. The topological polar surface area (TPSA) is 38.3 Å². The van der Waals surface area contributed by atoms with Crippen molar-refractivity contribution in [2.45, 2.75) is 4.83 Å². The molecule has 1 rings (SSSR count). The molecule has 0 saturated heterocycles. The summed E-state index contributed by atoms with van der Waals surface area (Å²) in [6.07, 6.45) is 0. The van der Waals surface area contributed by atoms with Gasteiger partial charge in [-0.3, -0.25) is 4.79 Å². The Morgan fingerprint density at radius 3 is 2.33 bits per heavy atom. The zero-order valence-corrected chi connectivity index (χ0v) is 9.35. The van der Waals surface area contributed by atoms with E-state index in [2.05, 4.69) is 0 Å². The molecule has 0 aliphatic carbocycles. The van der Waals surface area contributed by atoms with Crippen LogP contribution in [-0.2, 0) is 4.79 Å². The molecule has 0 aromatic heterocycles. The molecule has 1 aromatic rings. The first-order chi connectivity index (χ1) is 6.93. The Bertz CT molecular complexity index is 348. The molecular weight excluding hydrogens is 272 g/mol. The molecule has 0 unspecified atom stereocenters. The molecule has 1 aromatic carbocycles. The lowest BCUT2D eigenvalue weighted by atomic mass is 10.3. The Labute approximate surface area is 93.5 Å². The first-order valence-electron chi connectivity index (χ1n) is 3.95. The molecule has 0 aliphatic rings. The van der Waals surface area contributed by atoms with Crippen LogP contribution in [0.25, 0.3) is 0 Å². The van der Waals surface area contributed by atoms with Crippen LogP contribution < -0.4 is 10.1 Å². The van der Waals surface area contributed by atoms with Crippen molar-refractivity contribution in [3.63, 3.8) is 0 Å². The number of halogens is 3. The SMILES string of the molecule is COc1ccc(NC(=O)C(F)(F)Br)cc1. The smallest absolute Gasteiger partial charge is 0.378 e. The Kier molecular flexibility index (Phi) is 3.62. The van der Waals surface area contributed by atoms with E-state index in [0.717, 1.165) is 0 Å². The zero-order chi connectivity index (χ0) is 11.5. The van der Waals surface area contributed by atoms with Gasteiger partial charge in [-0.05, 0) is 24.3 Å². The molecule has 0 radical (unpaired) electrons. The fourth-order valence-electron chi connectivity index (χ4n) is 0.876. The van der Waals surface area contributed by atoms with Crippen LogP contribution in [0.1, 0.15) is 0 Å². The highest BCUT2D eigenvalue weighted by molar-refractivity contribution is 9.10. The predicted molar refractivity (Wildman–Crippen MR) is 55.5 cm³/mol. The summed E-state index contributed by atoms with van der Waals surface area (Å²) in [6.45, 7) is 0. The Morgan fingerprint density at radius 1 is 1.40 bits per heavy atom. The number of rotatable bonds is 3. The summed E-state index contributed by atoms with van der Waals surface area (Å²) in [6, 6.07) is 6.05. The molecule has 0 fully saturated rings. The second-order valence-electron chi connectivity index (χ2n) is 2.68. The maximum Gasteiger partial charge on any atom is 0.378 e. The van der Waals surface area contributed by atoms with Crippen LogP contribution in [0.5, 0.6) is 5.75 Å². The summed E-state index contributed by atoms with van der Waals surface area (Å²) in [7, 11) is 1.49. The summed E-state index contributed by atoms with van der Waals surface area (Å²) >= 11 is 1.96. The van der Waals surface area contributed by atoms with Crippen LogP contribution in [0, 0.1) is 0 Å². The van der Waals surface area contributed by atoms with Crippen LogP contribution in [0.15, 0.2) is 24.3 Å². The highest BCUT2D eigenvalue weighted by Crippen LogP contribution is 2.24. The Morgan fingerprint density at radius 2 is 1.93 bits per heavy atom. The number of ether oxygens (including phenoxy) is 1. The van der Waals surface area contributed by atoms with E-state index in [0.29, 0.717) is 5.75 Å². The second-order valence-corrected chi connectivity index (χ2v) is 3.68. The largest absolute Gasteiger partial charge is 0.497 e. The molecule has 15 heavy (non-hydrogen) atoms. The van der Waals surface area contributed by atoms with Crippen LogP contribution in [0.3, 0.4) is 0 Å². The van der Waals surface area contributed by atoms with Crippen LogP contribution in [-0.4, -0.2) is 17.8 Å². The number of carbonyl (C=O) groups excluding carboxylic acids is 1. The monoisotopic (exact) mass is 279 g/mol. The third-order valence-electron chi connectivity index (χ3n) is 1.61. The molecule has 0 spiro atoms. The molecular formula is C9H8BrF2NO2. The normalized spacial score (nSPS) is 10.9. The van der Waals surface area contributed by atoms with Crippen molar-refractivity contribution in [2.24, 2.45) is 0 Å². The molecule has 0 bridgehead atoms. The maximum atomic E-state index is 12.4. The van der Waals surface area contributed by atoms with Gasteiger partial charge in [0.15, 0.2) is 0 Å². The molecule has 1 amide bonds. The van der Waals surface area contributed by atoms with Crippen molar-refractivity contribution < 1.29 is 18.3 Å². The van der Waals surface area contributed by atoms with E-state index in [4.69, 9.17) is 4.74 Å². The highest BCUT2D eigenvalue weighted by atomic mass is 79.9. The number of hydrogen-bond donors (Lipinski definition) is 1. The van der Waals surface area contributed by atoms with Crippen LogP contribution >= 0.6 is 15.9 Å². The van der Waals surface area contributed by atoms with E-state index < -0.39 is 10.7 Å². The molecule has 3 nitrogen and oxygen atoms in total. The van der Waals surface area contributed by atoms with Crippen LogP contribution in [0.4, 0.5) is 14.5 Å². The van der Waals surface area contributed by atoms with E-state index in [1.54, 1.807) is 12.1 Å². The van der Waals surface area contributed by atoms with Gasteiger partial charge in [0.05, 0.1) is 7.11 Å². The van der Waals surface area contributed by atoms with E-state index in [1.165, 1.54) is 19.2 Å². The minimum atomic E-state index is -3.56. The lowest BCUT2D eigenvalue weighted by molar-refractivity contribution is -0.128. The van der Waals surface area contributed by atoms with E-state index in [1.807, 2.05) is 21.2 Å². The molecule has 0 atom stereocenters. The van der Waals surface area contributed by atoms with Crippen molar-refractivity contribution in [3.05, 3.63) is 24.3 Å². The Balaban J connectivity index is 2.70. The summed E-state index contributed by atoms with van der Waals surface area (Å²) in [5.41, 5.74) is 0.278. The fourth-order valence-corrected chi connectivity index (χ4v) is 0.975. The minimum Gasteiger partial charge on any atom is -0.497 e. The second kappa shape index (κ2) is 4.57. The van der Waals surface area contributed by atoms with Gasteiger partial charge in [-0.2, -0.15) is 8.78 Å².